The highest BCUT2D eigenvalue weighted by atomic mass is 79.9. The number of amides is 1. The van der Waals surface area contributed by atoms with E-state index in [0.29, 0.717) is 12.0 Å². The smallest absolute Gasteiger partial charge is 0.251 e. The Morgan fingerprint density at radius 2 is 2.25 bits per heavy atom. The largest absolute Gasteiger partial charge is 0.349 e. The molecule has 2 atom stereocenters. The SMILES string of the molecule is CC1CCCC1NC(=O)c1cccc(Br)c1. The fourth-order valence-electron chi connectivity index (χ4n) is 2.24. The molecule has 1 saturated carbocycles. The third-order valence-corrected chi connectivity index (χ3v) is 3.76. The average molecular weight is 282 g/mol. The van der Waals surface area contributed by atoms with E-state index in [2.05, 4.69) is 28.2 Å². The average Bonchev–Trinajstić information content (AvgIpc) is 2.64. The van der Waals surface area contributed by atoms with Gasteiger partial charge in [0, 0.05) is 16.1 Å². The van der Waals surface area contributed by atoms with E-state index in [9.17, 15) is 4.79 Å². The van der Waals surface area contributed by atoms with Gasteiger partial charge in [0.2, 0.25) is 0 Å². The van der Waals surface area contributed by atoms with Gasteiger partial charge in [-0.2, -0.15) is 0 Å². The minimum Gasteiger partial charge on any atom is -0.349 e. The van der Waals surface area contributed by atoms with Crippen molar-refractivity contribution in [2.24, 2.45) is 5.92 Å². The molecule has 1 aliphatic carbocycles. The summed E-state index contributed by atoms with van der Waals surface area (Å²) in [5, 5.41) is 3.11. The second-order valence-electron chi connectivity index (χ2n) is 4.50. The number of rotatable bonds is 2. The van der Waals surface area contributed by atoms with Crippen LogP contribution in [0.15, 0.2) is 28.7 Å². The van der Waals surface area contributed by atoms with Crippen molar-refractivity contribution in [1.82, 2.24) is 5.32 Å². The van der Waals surface area contributed by atoms with Crippen molar-refractivity contribution in [2.75, 3.05) is 0 Å². The highest BCUT2D eigenvalue weighted by Gasteiger charge is 2.24. The van der Waals surface area contributed by atoms with Crippen LogP contribution in [0.25, 0.3) is 0 Å². The predicted molar refractivity (Wildman–Crippen MR) is 68.4 cm³/mol. The first-order chi connectivity index (χ1) is 7.66. The van der Waals surface area contributed by atoms with Gasteiger partial charge in [0.05, 0.1) is 0 Å². The third-order valence-electron chi connectivity index (χ3n) is 3.26. The van der Waals surface area contributed by atoms with Crippen LogP contribution in [0.5, 0.6) is 0 Å². The second-order valence-corrected chi connectivity index (χ2v) is 5.41. The summed E-state index contributed by atoms with van der Waals surface area (Å²) >= 11 is 3.38. The molecule has 1 aliphatic rings. The number of carbonyl (C=O) groups excluding carboxylic acids is 1. The maximum atomic E-state index is 12.0. The first-order valence-electron chi connectivity index (χ1n) is 5.73. The summed E-state index contributed by atoms with van der Waals surface area (Å²) < 4.78 is 0.944. The standard InChI is InChI=1S/C13H16BrNO/c1-9-4-2-7-12(9)15-13(16)10-5-3-6-11(14)8-10/h3,5-6,8-9,12H,2,4,7H2,1H3,(H,15,16). The fraction of sp³-hybridized carbons (Fsp3) is 0.462. The lowest BCUT2D eigenvalue weighted by molar-refractivity contribution is 0.0929. The van der Waals surface area contributed by atoms with Gasteiger partial charge in [0.15, 0.2) is 0 Å². The number of carbonyl (C=O) groups is 1. The minimum absolute atomic E-state index is 0.0417. The topological polar surface area (TPSA) is 29.1 Å². The molecule has 0 heterocycles. The number of halogens is 1. The van der Waals surface area contributed by atoms with E-state index in [4.69, 9.17) is 0 Å². The molecule has 1 amide bonds. The maximum absolute atomic E-state index is 12.0. The zero-order chi connectivity index (χ0) is 11.5. The van der Waals surface area contributed by atoms with Gasteiger partial charge in [-0.3, -0.25) is 4.79 Å². The van der Waals surface area contributed by atoms with Crippen molar-refractivity contribution in [1.29, 1.82) is 0 Å². The van der Waals surface area contributed by atoms with Crippen molar-refractivity contribution < 1.29 is 4.79 Å². The van der Waals surface area contributed by atoms with Crippen LogP contribution in [-0.4, -0.2) is 11.9 Å². The molecule has 0 aromatic heterocycles. The molecule has 1 aromatic rings. The lowest BCUT2D eigenvalue weighted by Gasteiger charge is -2.17. The second kappa shape index (κ2) is 5.00. The normalized spacial score (nSPS) is 24.4. The van der Waals surface area contributed by atoms with E-state index in [0.717, 1.165) is 16.5 Å². The Bertz CT molecular complexity index is 391. The van der Waals surface area contributed by atoms with Gasteiger partial charge in [-0.15, -0.1) is 0 Å². The van der Waals surface area contributed by atoms with Crippen LogP contribution in [0, 0.1) is 5.92 Å². The van der Waals surface area contributed by atoms with Crippen LogP contribution in [0.3, 0.4) is 0 Å². The predicted octanol–water partition coefficient (Wildman–Crippen LogP) is 3.37. The van der Waals surface area contributed by atoms with E-state index in [-0.39, 0.29) is 5.91 Å². The van der Waals surface area contributed by atoms with Gasteiger partial charge < -0.3 is 5.32 Å². The highest BCUT2D eigenvalue weighted by Crippen LogP contribution is 2.25. The third kappa shape index (κ3) is 2.64. The van der Waals surface area contributed by atoms with Crippen molar-refractivity contribution in [3.8, 4) is 0 Å². The van der Waals surface area contributed by atoms with E-state index in [1.165, 1.54) is 12.8 Å². The quantitative estimate of drug-likeness (QED) is 0.885. The fourth-order valence-corrected chi connectivity index (χ4v) is 2.64. The summed E-state index contributed by atoms with van der Waals surface area (Å²) in [5.41, 5.74) is 0.730. The van der Waals surface area contributed by atoms with Gasteiger partial charge in [-0.1, -0.05) is 35.3 Å². The van der Waals surface area contributed by atoms with Crippen LogP contribution in [-0.2, 0) is 0 Å². The molecule has 16 heavy (non-hydrogen) atoms. The maximum Gasteiger partial charge on any atom is 0.251 e. The zero-order valence-electron chi connectivity index (χ0n) is 9.37. The Hall–Kier alpha value is -0.830. The van der Waals surface area contributed by atoms with E-state index < -0.39 is 0 Å². The Morgan fingerprint density at radius 3 is 2.88 bits per heavy atom. The molecule has 0 bridgehead atoms. The van der Waals surface area contributed by atoms with Gasteiger partial charge in [-0.25, -0.2) is 0 Å². The summed E-state index contributed by atoms with van der Waals surface area (Å²) in [4.78, 5) is 12.0. The molecule has 3 heteroatoms. The zero-order valence-corrected chi connectivity index (χ0v) is 11.0. The highest BCUT2D eigenvalue weighted by molar-refractivity contribution is 9.10. The number of hydrogen-bond donors (Lipinski definition) is 1. The summed E-state index contributed by atoms with van der Waals surface area (Å²) in [6.45, 7) is 2.21. The molecule has 0 saturated heterocycles. The monoisotopic (exact) mass is 281 g/mol. The van der Waals surface area contributed by atoms with Crippen LogP contribution < -0.4 is 5.32 Å². The number of benzene rings is 1. The Balaban J connectivity index is 2.03. The Morgan fingerprint density at radius 1 is 1.44 bits per heavy atom. The molecule has 86 valence electrons. The molecule has 1 aromatic carbocycles. The summed E-state index contributed by atoms with van der Waals surface area (Å²) in [5.74, 6) is 0.649. The summed E-state index contributed by atoms with van der Waals surface area (Å²) in [6.07, 6.45) is 3.56. The lowest BCUT2D eigenvalue weighted by atomic mass is 10.1. The van der Waals surface area contributed by atoms with Crippen LogP contribution >= 0.6 is 15.9 Å². The molecule has 0 radical (unpaired) electrons. The van der Waals surface area contributed by atoms with Gasteiger partial charge in [0.25, 0.3) is 5.91 Å². The van der Waals surface area contributed by atoms with E-state index in [1.807, 2.05) is 24.3 Å². The molecule has 1 N–H and O–H groups in total. The first-order valence-corrected chi connectivity index (χ1v) is 6.52. The van der Waals surface area contributed by atoms with Crippen LogP contribution in [0.2, 0.25) is 0 Å². The van der Waals surface area contributed by atoms with Gasteiger partial charge >= 0.3 is 0 Å². The van der Waals surface area contributed by atoms with Gasteiger partial charge in [-0.05, 0) is 37.0 Å². The Labute approximate surface area is 105 Å². The van der Waals surface area contributed by atoms with E-state index in [1.54, 1.807) is 0 Å². The molecule has 0 spiro atoms. The van der Waals surface area contributed by atoms with Crippen molar-refractivity contribution in [3.05, 3.63) is 34.3 Å². The van der Waals surface area contributed by atoms with Gasteiger partial charge in [0.1, 0.15) is 0 Å². The minimum atomic E-state index is 0.0417. The van der Waals surface area contributed by atoms with Crippen molar-refractivity contribution in [3.63, 3.8) is 0 Å². The molecule has 0 aliphatic heterocycles. The molecular formula is C13H16BrNO. The molecular weight excluding hydrogens is 266 g/mol. The number of nitrogens with one attached hydrogen (secondary N) is 1. The number of hydrogen-bond acceptors (Lipinski definition) is 1. The summed E-state index contributed by atoms with van der Waals surface area (Å²) in [7, 11) is 0. The molecule has 1 fully saturated rings. The molecule has 2 nitrogen and oxygen atoms in total. The lowest BCUT2D eigenvalue weighted by Crippen LogP contribution is -2.36. The molecule has 2 unspecified atom stereocenters. The van der Waals surface area contributed by atoms with E-state index >= 15 is 0 Å². The van der Waals surface area contributed by atoms with Crippen molar-refractivity contribution >= 4 is 21.8 Å². The Kier molecular flexibility index (Phi) is 3.64. The van der Waals surface area contributed by atoms with Crippen LogP contribution in [0.4, 0.5) is 0 Å². The first kappa shape index (κ1) is 11.6. The molecule has 2 rings (SSSR count). The summed E-state index contributed by atoms with van der Waals surface area (Å²) in [6, 6.07) is 7.87. The van der Waals surface area contributed by atoms with Crippen molar-refractivity contribution in [2.45, 2.75) is 32.2 Å². The van der Waals surface area contributed by atoms with Crippen LogP contribution in [0.1, 0.15) is 36.5 Å².